The minimum atomic E-state index is 0.191. The zero-order valence-corrected chi connectivity index (χ0v) is 12.8. The summed E-state index contributed by atoms with van der Waals surface area (Å²) in [5.41, 5.74) is 2.23. The van der Waals surface area contributed by atoms with Crippen molar-refractivity contribution in [3.63, 3.8) is 0 Å². The molecule has 2 aromatic rings. The Balaban J connectivity index is 1.68. The molecule has 110 valence electrons. The summed E-state index contributed by atoms with van der Waals surface area (Å²) in [6.45, 7) is 3.84. The highest BCUT2D eigenvalue weighted by Crippen LogP contribution is 2.21. The van der Waals surface area contributed by atoms with Gasteiger partial charge in [0.05, 0.1) is 5.75 Å². The van der Waals surface area contributed by atoms with Gasteiger partial charge in [0.15, 0.2) is 5.16 Å². The lowest BCUT2D eigenvalue weighted by atomic mass is 10.2. The van der Waals surface area contributed by atoms with Gasteiger partial charge in [-0.05, 0) is 31.9 Å². The summed E-state index contributed by atoms with van der Waals surface area (Å²) in [5, 5.41) is 8.84. The molecule has 1 amide bonds. The van der Waals surface area contributed by atoms with Crippen LogP contribution < -0.4 is 0 Å². The van der Waals surface area contributed by atoms with Crippen molar-refractivity contribution < 1.29 is 4.79 Å². The van der Waals surface area contributed by atoms with Crippen LogP contribution in [0.2, 0.25) is 0 Å². The normalized spacial score (nSPS) is 14.6. The molecular weight excluding hydrogens is 284 g/mol. The second-order valence-corrected chi connectivity index (χ2v) is 6.14. The molecule has 0 N–H and O–H groups in total. The third kappa shape index (κ3) is 3.26. The number of benzene rings is 1. The molecule has 1 fully saturated rings. The Kier molecular flexibility index (Phi) is 4.24. The number of hydrogen-bond acceptors (Lipinski definition) is 4. The van der Waals surface area contributed by atoms with Gasteiger partial charge in [-0.3, -0.25) is 9.36 Å². The molecule has 1 aliphatic rings. The second kappa shape index (κ2) is 6.30. The van der Waals surface area contributed by atoms with E-state index in [-0.39, 0.29) is 5.91 Å². The molecular formula is C15H18N4OS. The van der Waals surface area contributed by atoms with Crippen molar-refractivity contribution in [1.29, 1.82) is 0 Å². The Hall–Kier alpha value is -1.82. The molecule has 1 aromatic heterocycles. The van der Waals surface area contributed by atoms with Crippen LogP contribution in [-0.4, -0.2) is 44.4 Å². The van der Waals surface area contributed by atoms with Gasteiger partial charge in [0.2, 0.25) is 5.91 Å². The number of rotatable bonds is 4. The maximum atomic E-state index is 12.1. The predicted molar refractivity (Wildman–Crippen MR) is 82.6 cm³/mol. The lowest BCUT2D eigenvalue weighted by molar-refractivity contribution is -0.127. The summed E-state index contributed by atoms with van der Waals surface area (Å²) in [7, 11) is 0. The number of aryl methyl sites for hydroxylation is 1. The number of likely N-dealkylation sites (tertiary alicyclic amines) is 1. The highest BCUT2D eigenvalue weighted by atomic mass is 32.2. The van der Waals surface area contributed by atoms with Crippen LogP contribution in [0, 0.1) is 6.92 Å². The molecule has 0 atom stereocenters. The Labute approximate surface area is 128 Å². The first-order valence-corrected chi connectivity index (χ1v) is 8.10. The number of thioether (sulfide) groups is 1. The molecule has 0 unspecified atom stereocenters. The highest BCUT2D eigenvalue weighted by Gasteiger charge is 2.19. The largest absolute Gasteiger partial charge is 0.342 e. The molecule has 0 spiro atoms. The zero-order chi connectivity index (χ0) is 14.7. The van der Waals surface area contributed by atoms with Crippen LogP contribution in [0.1, 0.15) is 18.4 Å². The average Bonchev–Trinajstić information content (AvgIpc) is 3.17. The summed E-state index contributed by atoms with van der Waals surface area (Å²) >= 11 is 1.45. The summed E-state index contributed by atoms with van der Waals surface area (Å²) in [6, 6.07) is 8.18. The number of nitrogens with zero attached hydrogens (tertiary/aromatic N) is 4. The van der Waals surface area contributed by atoms with E-state index >= 15 is 0 Å². The number of hydrogen-bond donors (Lipinski definition) is 0. The SMILES string of the molecule is Cc1ccc(-n2cnnc2SCC(=O)N2CCCC2)cc1. The van der Waals surface area contributed by atoms with E-state index in [1.54, 1.807) is 6.33 Å². The van der Waals surface area contributed by atoms with Gasteiger partial charge in [-0.25, -0.2) is 0 Å². The summed E-state index contributed by atoms with van der Waals surface area (Å²) in [6.07, 6.45) is 3.93. The topological polar surface area (TPSA) is 51.0 Å². The predicted octanol–water partition coefficient (Wildman–Crippen LogP) is 2.29. The van der Waals surface area contributed by atoms with Gasteiger partial charge in [0, 0.05) is 18.8 Å². The lowest BCUT2D eigenvalue weighted by Crippen LogP contribution is -2.29. The average molecular weight is 302 g/mol. The van der Waals surface area contributed by atoms with E-state index < -0.39 is 0 Å². The third-order valence-electron chi connectivity index (χ3n) is 3.61. The second-order valence-electron chi connectivity index (χ2n) is 5.20. The maximum absolute atomic E-state index is 12.1. The molecule has 2 heterocycles. The van der Waals surface area contributed by atoms with E-state index in [1.807, 2.05) is 21.6 Å². The van der Waals surface area contributed by atoms with E-state index in [4.69, 9.17) is 0 Å². The first-order valence-electron chi connectivity index (χ1n) is 7.12. The van der Waals surface area contributed by atoms with Crippen molar-refractivity contribution in [3.8, 4) is 5.69 Å². The van der Waals surface area contributed by atoms with Crippen molar-refractivity contribution in [3.05, 3.63) is 36.2 Å². The van der Waals surface area contributed by atoms with Gasteiger partial charge in [0.1, 0.15) is 6.33 Å². The van der Waals surface area contributed by atoms with Gasteiger partial charge >= 0.3 is 0 Å². The van der Waals surface area contributed by atoms with E-state index in [1.165, 1.54) is 17.3 Å². The Bertz CT molecular complexity index is 617. The van der Waals surface area contributed by atoms with Crippen molar-refractivity contribution in [2.75, 3.05) is 18.8 Å². The molecule has 1 saturated heterocycles. The van der Waals surface area contributed by atoms with Gasteiger partial charge in [-0.15, -0.1) is 10.2 Å². The molecule has 1 aromatic carbocycles. The number of amides is 1. The molecule has 0 bridgehead atoms. The first-order chi connectivity index (χ1) is 10.2. The zero-order valence-electron chi connectivity index (χ0n) is 12.0. The minimum Gasteiger partial charge on any atom is -0.342 e. The standard InChI is InChI=1S/C15H18N4OS/c1-12-4-6-13(7-5-12)19-11-16-17-15(19)21-10-14(20)18-8-2-3-9-18/h4-7,11H,2-3,8-10H2,1H3. The molecule has 1 aliphatic heterocycles. The Morgan fingerprint density at radius 1 is 1.24 bits per heavy atom. The van der Waals surface area contributed by atoms with Gasteiger partial charge in [0.25, 0.3) is 0 Å². The van der Waals surface area contributed by atoms with Gasteiger partial charge < -0.3 is 4.90 Å². The third-order valence-corrected chi connectivity index (χ3v) is 4.54. The van der Waals surface area contributed by atoms with E-state index in [2.05, 4.69) is 29.3 Å². The minimum absolute atomic E-state index is 0.191. The number of carbonyl (C=O) groups excluding carboxylic acids is 1. The first kappa shape index (κ1) is 14.1. The summed E-state index contributed by atoms with van der Waals surface area (Å²) < 4.78 is 1.92. The fourth-order valence-electron chi connectivity index (χ4n) is 2.39. The fourth-order valence-corrected chi connectivity index (χ4v) is 3.22. The summed E-state index contributed by atoms with van der Waals surface area (Å²) in [5.74, 6) is 0.612. The molecule has 0 aliphatic carbocycles. The van der Waals surface area contributed by atoms with E-state index in [0.717, 1.165) is 36.8 Å². The maximum Gasteiger partial charge on any atom is 0.233 e. The molecule has 0 radical (unpaired) electrons. The van der Waals surface area contributed by atoms with Crippen LogP contribution in [0.3, 0.4) is 0 Å². The van der Waals surface area contributed by atoms with Crippen molar-refractivity contribution >= 4 is 17.7 Å². The molecule has 6 heteroatoms. The Morgan fingerprint density at radius 2 is 1.95 bits per heavy atom. The summed E-state index contributed by atoms with van der Waals surface area (Å²) in [4.78, 5) is 14.0. The number of aromatic nitrogens is 3. The lowest BCUT2D eigenvalue weighted by Gasteiger charge is -2.14. The van der Waals surface area contributed by atoms with Gasteiger partial charge in [-0.2, -0.15) is 0 Å². The van der Waals surface area contributed by atoms with Crippen LogP contribution in [0.4, 0.5) is 0 Å². The van der Waals surface area contributed by atoms with Crippen molar-refractivity contribution in [1.82, 2.24) is 19.7 Å². The molecule has 21 heavy (non-hydrogen) atoms. The molecule has 3 rings (SSSR count). The van der Waals surface area contributed by atoms with Crippen molar-refractivity contribution in [2.24, 2.45) is 0 Å². The number of carbonyl (C=O) groups is 1. The monoisotopic (exact) mass is 302 g/mol. The van der Waals surface area contributed by atoms with E-state index in [0.29, 0.717) is 5.75 Å². The van der Waals surface area contributed by atoms with Gasteiger partial charge in [-0.1, -0.05) is 29.5 Å². The van der Waals surface area contributed by atoms with E-state index in [9.17, 15) is 4.79 Å². The fraction of sp³-hybridized carbons (Fsp3) is 0.400. The molecule has 0 saturated carbocycles. The highest BCUT2D eigenvalue weighted by molar-refractivity contribution is 7.99. The quantitative estimate of drug-likeness (QED) is 0.813. The molecule has 5 nitrogen and oxygen atoms in total. The van der Waals surface area contributed by atoms with Crippen LogP contribution in [0.15, 0.2) is 35.7 Å². The van der Waals surface area contributed by atoms with Crippen LogP contribution in [-0.2, 0) is 4.79 Å². The Morgan fingerprint density at radius 3 is 2.67 bits per heavy atom. The van der Waals surface area contributed by atoms with Crippen LogP contribution in [0.5, 0.6) is 0 Å². The van der Waals surface area contributed by atoms with Crippen LogP contribution in [0.25, 0.3) is 5.69 Å². The smallest absolute Gasteiger partial charge is 0.233 e. The van der Waals surface area contributed by atoms with Crippen LogP contribution >= 0.6 is 11.8 Å². The van der Waals surface area contributed by atoms with Crippen molar-refractivity contribution in [2.45, 2.75) is 24.9 Å².